The van der Waals surface area contributed by atoms with Gasteiger partial charge >= 0.3 is 5.97 Å². The Morgan fingerprint density at radius 2 is 2.00 bits per heavy atom. The fraction of sp³-hybridized carbons (Fsp3) is 0.286. The van der Waals surface area contributed by atoms with Crippen molar-refractivity contribution in [3.63, 3.8) is 0 Å². The van der Waals surface area contributed by atoms with Crippen LogP contribution in [0, 0.1) is 6.92 Å². The Morgan fingerprint density at radius 3 is 2.71 bits per heavy atom. The Bertz CT molecular complexity index is 913. The summed E-state index contributed by atoms with van der Waals surface area (Å²) >= 11 is 0. The standard InChI is InChI=1S/C21H22N2O5/c1-14-5-7-16(8-6-14)18-13-22-19(28-18)9-10-20(24)27-15(2)21(25)23-12-17-4-3-11-26-17/h3-8,11,13,15H,9-10,12H2,1-2H3,(H,23,25). The molecule has 0 aliphatic rings. The number of ether oxygens (including phenoxy) is 1. The molecule has 0 aliphatic carbocycles. The van der Waals surface area contributed by atoms with Crippen LogP contribution < -0.4 is 5.32 Å². The van der Waals surface area contributed by atoms with Crippen molar-refractivity contribution in [1.82, 2.24) is 10.3 Å². The first-order chi connectivity index (χ1) is 13.5. The van der Waals surface area contributed by atoms with E-state index in [2.05, 4.69) is 10.3 Å². The van der Waals surface area contributed by atoms with Gasteiger partial charge in [0, 0.05) is 12.0 Å². The summed E-state index contributed by atoms with van der Waals surface area (Å²) < 4.78 is 16.0. The number of aromatic nitrogens is 1. The Labute approximate surface area is 162 Å². The first-order valence-electron chi connectivity index (χ1n) is 9.02. The van der Waals surface area contributed by atoms with Gasteiger partial charge in [-0.25, -0.2) is 4.98 Å². The van der Waals surface area contributed by atoms with Crippen LogP contribution in [0.4, 0.5) is 0 Å². The van der Waals surface area contributed by atoms with Crippen LogP contribution >= 0.6 is 0 Å². The number of carbonyl (C=O) groups is 2. The Balaban J connectivity index is 1.43. The topological polar surface area (TPSA) is 94.6 Å². The molecule has 0 aliphatic heterocycles. The maximum absolute atomic E-state index is 12.0. The molecule has 28 heavy (non-hydrogen) atoms. The molecule has 7 nitrogen and oxygen atoms in total. The van der Waals surface area contributed by atoms with Crippen LogP contribution in [-0.2, 0) is 27.3 Å². The van der Waals surface area contributed by atoms with Crippen molar-refractivity contribution in [2.24, 2.45) is 0 Å². The highest BCUT2D eigenvalue weighted by atomic mass is 16.5. The fourth-order valence-corrected chi connectivity index (χ4v) is 2.53. The predicted octanol–water partition coefficient (Wildman–Crippen LogP) is 3.42. The molecule has 3 aromatic rings. The number of amides is 1. The summed E-state index contributed by atoms with van der Waals surface area (Å²) in [4.78, 5) is 28.2. The lowest BCUT2D eigenvalue weighted by atomic mass is 10.1. The third kappa shape index (κ3) is 5.33. The number of oxazole rings is 1. The van der Waals surface area contributed by atoms with Crippen LogP contribution in [0.15, 0.2) is 57.7 Å². The molecule has 1 N–H and O–H groups in total. The van der Waals surface area contributed by atoms with Gasteiger partial charge in [-0.1, -0.05) is 29.8 Å². The van der Waals surface area contributed by atoms with Crippen molar-refractivity contribution in [3.05, 3.63) is 66.1 Å². The van der Waals surface area contributed by atoms with E-state index in [0.717, 1.165) is 11.1 Å². The number of nitrogens with zero attached hydrogens (tertiary/aromatic N) is 1. The lowest BCUT2D eigenvalue weighted by molar-refractivity contribution is -0.154. The van der Waals surface area contributed by atoms with E-state index >= 15 is 0 Å². The normalized spacial score (nSPS) is 11.8. The zero-order valence-corrected chi connectivity index (χ0v) is 15.8. The third-order valence-corrected chi connectivity index (χ3v) is 4.13. The largest absolute Gasteiger partial charge is 0.467 e. The van der Waals surface area contributed by atoms with Crippen molar-refractivity contribution in [2.45, 2.75) is 39.3 Å². The molecule has 0 saturated carbocycles. The van der Waals surface area contributed by atoms with Crippen molar-refractivity contribution in [2.75, 3.05) is 0 Å². The number of aryl methyl sites for hydroxylation is 2. The molecule has 0 fully saturated rings. The van der Waals surface area contributed by atoms with Crippen LogP contribution in [0.25, 0.3) is 11.3 Å². The molecule has 0 spiro atoms. The van der Waals surface area contributed by atoms with E-state index in [0.29, 0.717) is 23.8 Å². The molecule has 2 heterocycles. The zero-order valence-electron chi connectivity index (χ0n) is 15.8. The molecule has 1 unspecified atom stereocenters. The highest BCUT2D eigenvalue weighted by Crippen LogP contribution is 2.21. The molecule has 1 aromatic carbocycles. The Kier molecular flexibility index (Phi) is 6.26. The Hall–Kier alpha value is -3.35. The van der Waals surface area contributed by atoms with Crippen LogP contribution in [0.2, 0.25) is 0 Å². The van der Waals surface area contributed by atoms with Gasteiger partial charge in [-0.2, -0.15) is 0 Å². The smallest absolute Gasteiger partial charge is 0.307 e. The monoisotopic (exact) mass is 382 g/mol. The average Bonchev–Trinajstić information content (AvgIpc) is 3.37. The van der Waals surface area contributed by atoms with E-state index in [4.69, 9.17) is 13.6 Å². The number of rotatable bonds is 8. The summed E-state index contributed by atoms with van der Waals surface area (Å²) in [7, 11) is 0. The number of esters is 1. The molecule has 0 saturated heterocycles. The van der Waals surface area contributed by atoms with Gasteiger partial charge in [0.05, 0.1) is 25.4 Å². The molecule has 1 amide bonds. The second-order valence-electron chi connectivity index (χ2n) is 6.41. The van der Waals surface area contributed by atoms with Crippen LogP contribution in [0.1, 0.15) is 30.6 Å². The summed E-state index contributed by atoms with van der Waals surface area (Å²) in [6, 6.07) is 11.4. The maximum Gasteiger partial charge on any atom is 0.307 e. The van der Waals surface area contributed by atoms with Crippen LogP contribution in [0.5, 0.6) is 0 Å². The van der Waals surface area contributed by atoms with Gasteiger partial charge in [-0.05, 0) is 26.0 Å². The van der Waals surface area contributed by atoms with Crippen molar-refractivity contribution in [3.8, 4) is 11.3 Å². The molecule has 3 rings (SSSR count). The third-order valence-electron chi connectivity index (χ3n) is 4.13. The number of benzene rings is 1. The molecule has 146 valence electrons. The highest BCUT2D eigenvalue weighted by Gasteiger charge is 2.18. The van der Waals surface area contributed by atoms with Crippen molar-refractivity contribution < 1.29 is 23.2 Å². The molecule has 7 heteroatoms. The molecule has 0 radical (unpaired) electrons. The summed E-state index contributed by atoms with van der Waals surface area (Å²) in [5.74, 6) is 0.843. The summed E-state index contributed by atoms with van der Waals surface area (Å²) in [5.41, 5.74) is 2.09. The van der Waals surface area contributed by atoms with Gasteiger partial charge in [-0.15, -0.1) is 0 Å². The fourth-order valence-electron chi connectivity index (χ4n) is 2.53. The van der Waals surface area contributed by atoms with E-state index in [9.17, 15) is 9.59 Å². The van der Waals surface area contributed by atoms with Crippen LogP contribution in [-0.4, -0.2) is 23.0 Å². The number of carbonyl (C=O) groups excluding carboxylic acids is 2. The predicted molar refractivity (Wildman–Crippen MR) is 101 cm³/mol. The quantitative estimate of drug-likeness (QED) is 0.600. The van der Waals surface area contributed by atoms with Gasteiger partial charge in [-0.3, -0.25) is 9.59 Å². The number of nitrogens with one attached hydrogen (secondary N) is 1. The second-order valence-corrected chi connectivity index (χ2v) is 6.41. The molecule has 1 atom stereocenters. The second kappa shape index (κ2) is 9.03. The van der Waals surface area contributed by atoms with E-state index in [-0.39, 0.29) is 18.9 Å². The van der Waals surface area contributed by atoms with Gasteiger partial charge in [0.15, 0.2) is 17.8 Å². The lowest BCUT2D eigenvalue weighted by Gasteiger charge is -2.12. The number of hydrogen-bond donors (Lipinski definition) is 1. The first-order valence-corrected chi connectivity index (χ1v) is 9.02. The lowest BCUT2D eigenvalue weighted by Crippen LogP contribution is -2.35. The van der Waals surface area contributed by atoms with Crippen LogP contribution in [0.3, 0.4) is 0 Å². The highest BCUT2D eigenvalue weighted by molar-refractivity contribution is 5.83. The minimum Gasteiger partial charge on any atom is -0.467 e. The van der Waals surface area contributed by atoms with Gasteiger partial charge in [0.25, 0.3) is 5.91 Å². The maximum atomic E-state index is 12.0. The van der Waals surface area contributed by atoms with E-state index in [1.165, 1.54) is 13.2 Å². The summed E-state index contributed by atoms with van der Waals surface area (Å²) in [6.07, 6.45) is 2.64. The SMILES string of the molecule is Cc1ccc(-c2cnc(CCC(=O)OC(C)C(=O)NCc3ccco3)o2)cc1. The van der Waals surface area contributed by atoms with Gasteiger partial charge < -0.3 is 18.9 Å². The van der Waals surface area contributed by atoms with Gasteiger partial charge in [0.2, 0.25) is 0 Å². The summed E-state index contributed by atoms with van der Waals surface area (Å²) in [6.45, 7) is 3.78. The van der Waals surface area contributed by atoms with E-state index in [1.807, 2.05) is 31.2 Å². The van der Waals surface area contributed by atoms with Crippen molar-refractivity contribution >= 4 is 11.9 Å². The zero-order chi connectivity index (χ0) is 19.9. The number of hydrogen-bond acceptors (Lipinski definition) is 6. The Morgan fingerprint density at radius 1 is 1.21 bits per heavy atom. The minimum atomic E-state index is -0.893. The molecular weight excluding hydrogens is 360 g/mol. The minimum absolute atomic E-state index is 0.0731. The van der Waals surface area contributed by atoms with Gasteiger partial charge in [0.1, 0.15) is 5.76 Å². The first kappa shape index (κ1) is 19.4. The van der Waals surface area contributed by atoms with Crippen molar-refractivity contribution in [1.29, 1.82) is 0 Å². The molecular formula is C21H22N2O5. The van der Waals surface area contributed by atoms with E-state index in [1.54, 1.807) is 18.3 Å². The molecule has 0 bridgehead atoms. The van der Waals surface area contributed by atoms with E-state index < -0.39 is 12.1 Å². The number of furan rings is 1. The average molecular weight is 382 g/mol. The summed E-state index contributed by atoms with van der Waals surface area (Å²) in [5, 5.41) is 2.65. The molecule has 2 aromatic heterocycles.